The lowest BCUT2D eigenvalue weighted by Gasteiger charge is -2.33. The second-order valence-corrected chi connectivity index (χ2v) is 10.2. The number of anilines is 2. The molecule has 0 amide bonds. The van der Waals surface area contributed by atoms with Crippen LogP contribution < -0.4 is 10.6 Å². The standard InChI is InChI=1S/C19H34N7O4P/c1-14(2)29-31(27,30-15(3)4)13-28-11-10-26-12-21-17-16(26)18(23-19(20)22-17)25-8-6-24(5)7-9-25/h12,14-15H,6-11,13H2,1-5H3,(H2,20,22,23). The minimum Gasteiger partial charge on any atom is -0.368 e. The van der Waals surface area contributed by atoms with Gasteiger partial charge in [-0.25, -0.2) is 4.98 Å². The maximum Gasteiger partial charge on any atom is 0.356 e. The molecule has 0 atom stereocenters. The average molecular weight is 456 g/mol. The molecule has 0 spiro atoms. The van der Waals surface area contributed by atoms with Crippen LogP contribution in [-0.2, 0) is 24.9 Å². The molecule has 2 aromatic heterocycles. The minimum atomic E-state index is -3.33. The van der Waals surface area contributed by atoms with Crippen molar-refractivity contribution in [2.75, 3.05) is 56.8 Å². The number of likely N-dealkylation sites (N-methyl/N-ethyl adjacent to an activating group) is 1. The Kier molecular flexibility index (Phi) is 7.87. The molecule has 1 aliphatic rings. The predicted molar refractivity (Wildman–Crippen MR) is 120 cm³/mol. The Labute approximate surface area is 183 Å². The van der Waals surface area contributed by atoms with Crippen LogP contribution in [0.2, 0.25) is 0 Å². The molecule has 0 unspecified atom stereocenters. The molecule has 2 N–H and O–H groups in total. The lowest BCUT2D eigenvalue weighted by molar-refractivity contribution is 0.0961. The number of hydrogen-bond acceptors (Lipinski definition) is 10. The SMILES string of the molecule is CC(C)OP(=O)(COCCn1cnc2nc(N)nc(N3CCN(C)CC3)c21)OC(C)C. The fourth-order valence-corrected chi connectivity index (χ4v) is 5.26. The van der Waals surface area contributed by atoms with E-state index in [0.29, 0.717) is 18.8 Å². The molecule has 0 aromatic carbocycles. The number of fused-ring (bicyclic) bond motifs is 1. The Balaban J connectivity index is 1.70. The topological polar surface area (TPSA) is 121 Å². The molecule has 31 heavy (non-hydrogen) atoms. The van der Waals surface area contributed by atoms with Crippen LogP contribution >= 0.6 is 7.60 Å². The Hall–Kier alpha value is -1.78. The second kappa shape index (κ2) is 10.2. The first-order chi connectivity index (χ1) is 14.7. The molecule has 0 saturated carbocycles. The zero-order chi connectivity index (χ0) is 22.6. The van der Waals surface area contributed by atoms with E-state index < -0.39 is 7.60 Å². The molecule has 174 valence electrons. The predicted octanol–water partition coefficient (Wildman–Crippen LogP) is 2.18. The molecule has 0 aliphatic carbocycles. The van der Waals surface area contributed by atoms with Gasteiger partial charge in [0.25, 0.3) is 0 Å². The third-order valence-corrected chi connectivity index (χ3v) is 6.73. The van der Waals surface area contributed by atoms with Crippen molar-refractivity contribution < 1.29 is 18.3 Å². The summed E-state index contributed by atoms with van der Waals surface area (Å²) in [5, 5.41) is 0. The van der Waals surface area contributed by atoms with Gasteiger partial charge in [-0.1, -0.05) is 0 Å². The number of nitrogens with zero attached hydrogens (tertiary/aromatic N) is 6. The molecule has 1 aliphatic heterocycles. The summed E-state index contributed by atoms with van der Waals surface area (Å²) < 4.78 is 31.6. The normalized spacial score (nSPS) is 16.2. The van der Waals surface area contributed by atoms with E-state index in [1.54, 1.807) is 6.33 Å². The maximum atomic E-state index is 12.9. The summed E-state index contributed by atoms with van der Waals surface area (Å²) in [6.45, 7) is 11.7. The van der Waals surface area contributed by atoms with Crippen LogP contribution in [0.1, 0.15) is 27.7 Å². The molecule has 1 fully saturated rings. The number of imidazole rings is 1. The van der Waals surface area contributed by atoms with Gasteiger partial charge in [0.1, 0.15) is 11.9 Å². The van der Waals surface area contributed by atoms with Crippen molar-refractivity contribution in [1.82, 2.24) is 24.4 Å². The number of ether oxygens (including phenoxy) is 1. The largest absolute Gasteiger partial charge is 0.368 e. The van der Waals surface area contributed by atoms with Gasteiger partial charge in [-0.3, -0.25) is 4.57 Å². The molecule has 1 saturated heterocycles. The van der Waals surface area contributed by atoms with Crippen molar-refractivity contribution in [1.29, 1.82) is 0 Å². The van der Waals surface area contributed by atoms with Gasteiger partial charge in [0.05, 0.1) is 25.1 Å². The third-order valence-electron chi connectivity index (χ3n) is 4.74. The average Bonchev–Trinajstić information content (AvgIpc) is 3.06. The second-order valence-electron chi connectivity index (χ2n) is 8.26. The highest BCUT2D eigenvalue weighted by atomic mass is 31.2. The van der Waals surface area contributed by atoms with Crippen LogP contribution in [0.4, 0.5) is 11.8 Å². The molecular weight excluding hydrogens is 421 g/mol. The Bertz CT molecular complexity index is 898. The summed E-state index contributed by atoms with van der Waals surface area (Å²) in [4.78, 5) is 17.7. The van der Waals surface area contributed by atoms with Crippen molar-refractivity contribution in [3.05, 3.63) is 6.33 Å². The van der Waals surface area contributed by atoms with Gasteiger partial charge < -0.3 is 33.9 Å². The van der Waals surface area contributed by atoms with Crippen LogP contribution in [0.5, 0.6) is 0 Å². The van der Waals surface area contributed by atoms with Gasteiger partial charge in [-0.15, -0.1) is 0 Å². The fourth-order valence-electron chi connectivity index (χ4n) is 3.45. The van der Waals surface area contributed by atoms with Crippen molar-refractivity contribution in [2.24, 2.45) is 0 Å². The van der Waals surface area contributed by atoms with Gasteiger partial charge >= 0.3 is 7.60 Å². The zero-order valence-corrected chi connectivity index (χ0v) is 19.9. The van der Waals surface area contributed by atoms with E-state index in [4.69, 9.17) is 19.5 Å². The van der Waals surface area contributed by atoms with Gasteiger partial charge in [0.15, 0.2) is 11.5 Å². The Morgan fingerprint density at radius 2 is 1.74 bits per heavy atom. The van der Waals surface area contributed by atoms with Crippen molar-refractivity contribution >= 4 is 30.5 Å². The van der Waals surface area contributed by atoms with E-state index >= 15 is 0 Å². The van der Waals surface area contributed by atoms with Crippen molar-refractivity contribution in [3.8, 4) is 0 Å². The summed E-state index contributed by atoms with van der Waals surface area (Å²) in [6, 6.07) is 0. The molecular formula is C19H34N7O4P. The van der Waals surface area contributed by atoms with Crippen LogP contribution in [0.25, 0.3) is 11.2 Å². The van der Waals surface area contributed by atoms with Crippen LogP contribution in [0.3, 0.4) is 0 Å². The summed E-state index contributed by atoms with van der Waals surface area (Å²) in [7, 11) is -1.23. The number of piperazine rings is 1. The number of hydrogen-bond donors (Lipinski definition) is 1. The number of aromatic nitrogens is 4. The highest BCUT2D eigenvalue weighted by Gasteiger charge is 2.28. The van der Waals surface area contributed by atoms with Crippen molar-refractivity contribution in [2.45, 2.75) is 46.4 Å². The van der Waals surface area contributed by atoms with Crippen molar-refractivity contribution in [3.63, 3.8) is 0 Å². The first-order valence-electron chi connectivity index (χ1n) is 10.6. The highest BCUT2D eigenvalue weighted by molar-refractivity contribution is 7.53. The van der Waals surface area contributed by atoms with Gasteiger partial charge in [0, 0.05) is 32.7 Å². The Morgan fingerprint density at radius 3 is 2.35 bits per heavy atom. The third kappa shape index (κ3) is 6.36. The Morgan fingerprint density at radius 1 is 1.10 bits per heavy atom. The smallest absolute Gasteiger partial charge is 0.356 e. The lowest BCUT2D eigenvalue weighted by Crippen LogP contribution is -2.45. The van der Waals surface area contributed by atoms with E-state index in [9.17, 15) is 4.57 Å². The van der Waals surface area contributed by atoms with Crippen LogP contribution in [-0.4, -0.2) is 82.8 Å². The summed E-state index contributed by atoms with van der Waals surface area (Å²) in [5.74, 6) is 0.991. The van der Waals surface area contributed by atoms with Crippen LogP contribution in [0, 0.1) is 0 Å². The number of rotatable bonds is 10. The number of nitrogens with two attached hydrogens (primary N) is 1. The molecule has 0 radical (unpaired) electrons. The van der Waals surface area contributed by atoms with Crippen LogP contribution in [0.15, 0.2) is 6.33 Å². The molecule has 0 bridgehead atoms. The molecule has 12 heteroatoms. The quantitative estimate of drug-likeness (QED) is 0.421. The van der Waals surface area contributed by atoms with E-state index in [2.05, 4.69) is 31.8 Å². The fraction of sp³-hybridized carbons (Fsp3) is 0.737. The molecule has 11 nitrogen and oxygen atoms in total. The van der Waals surface area contributed by atoms with Gasteiger partial charge in [-0.05, 0) is 34.7 Å². The van der Waals surface area contributed by atoms with E-state index in [-0.39, 0.29) is 24.5 Å². The van der Waals surface area contributed by atoms with Gasteiger partial charge in [0.2, 0.25) is 5.95 Å². The van der Waals surface area contributed by atoms with E-state index in [1.807, 2.05) is 32.3 Å². The monoisotopic (exact) mass is 455 g/mol. The highest BCUT2D eigenvalue weighted by Crippen LogP contribution is 2.50. The zero-order valence-electron chi connectivity index (χ0n) is 19.0. The summed E-state index contributed by atoms with van der Waals surface area (Å²) in [5.41, 5.74) is 7.30. The minimum absolute atomic E-state index is 0.106. The molecule has 2 aromatic rings. The van der Waals surface area contributed by atoms with E-state index in [1.165, 1.54) is 0 Å². The molecule has 3 rings (SSSR count). The van der Waals surface area contributed by atoms with Gasteiger partial charge in [-0.2, -0.15) is 9.97 Å². The lowest BCUT2D eigenvalue weighted by atomic mass is 10.3. The van der Waals surface area contributed by atoms with E-state index in [0.717, 1.165) is 37.5 Å². The summed E-state index contributed by atoms with van der Waals surface area (Å²) in [6.07, 6.45) is 1.15. The first-order valence-corrected chi connectivity index (χ1v) is 12.3. The summed E-state index contributed by atoms with van der Waals surface area (Å²) >= 11 is 0. The molecule has 3 heterocycles. The first kappa shape index (κ1) is 23.9. The number of nitrogen functional groups attached to an aromatic ring is 1. The maximum absolute atomic E-state index is 12.9.